The molecule has 2 heterocycles. The summed E-state index contributed by atoms with van der Waals surface area (Å²) in [6.45, 7) is -4.34. The first-order valence-corrected chi connectivity index (χ1v) is 10.9. The highest BCUT2D eigenvalue weighted by Crippen LogP contribution is 2.40. The normalized spacial score (nSPS) is 14.1. The first-order valence-electron chi connectivity index (χ1n) is 11.6. The van der Waals surface area contributed by atoms with E-state index in [1.165, 1.54) is 6.92 Å². The van der Waals surface area contributed by atoms with Crippen LogP contribution in [0.25, 0.3) is 0 Å². The summed E-state index contributed by atoms with van der Waals surface area (Å²) in [5.74, 6) is -5.48. The van der Waals surface area contributed by atoms with Gasteiger partial charge in [0, 0.05) is 16.8 Å². The number of aromatic nitrogens is 4. The highest BCUT2D eigenvalue weighted by molar-refractivity contribution is 6.34. The number of hydrogen-bond acceptors (Lipinski definition) is 7. The van der Waals surface area contributed by atoms with Gasteiger partial charge < -0.3 is 15.1 Å². The minimum absolute atomic E-state index is 0.0401. The molecule has 0 bridgehead atoms. The number of halogens is 7. The molecule has 0 saturated carbocycles. The van der Waals surface area contributed by atoms with Gasteiger partial charge in [0.1, 0.15) is 23.7 Å². The third-order valence-corrected chi connectivity index (χ3v) is 5.52. The molecule has 1 aromatic carbocycles. The Labute approximate surface area is 220 Å². The second kappa shape index (κ2) is 11.1. The maximum Gasteiger partial charge on any atom is 0.418 e. The minimum atomic E-state index is -4.97. The van der Waals surface area contributed by atoms with Crippen LogP contribution in [0.3, 0.4) is 0 Å². The summed E-state index contributed by atoms with van der Waals surface area (Å²) in [6, 6.07) is 1.91. The van der Waals surface area contributed by atoms with Gasteiger partial charge in [-0.2, -0.15) is 13.2 Å². The molecule has 0 radical (unpaired) electrons. The SMILES string of the molecule is [2H]C([2H])([2H])N(C(=O)CN(c1ncn(CC(O)CO)n1)c1nc(C)cc(C(F)(F)F)c1Cl)c1ccc(F)c(Cl)c1F. The van der Waals surface area contributed by atoms with E-state index in [1.54, 1.807) is 0 Å². The molecule has 0 saturated heterocycles. The van der Waals surface area contributed by atoms with Gasteiger partial charge in [0.15, 0.2) is 11.6 Å². The summed E-state index contributed by atoms with van der Waals surface area (Å²) in [7, 11) is 0. The maximum atomic E-state index is 14.8. The Morgan fingerprint density at radius 3 is 2.59 bits per heavy atom. The quantitative estimate of drug-likeness (QED) is 0.313. The smallest absolute Gasteiger partial charge is 0.394 e. The lowest BCUT2D eigenvalue weighted by Gasteiger charge is -2.26. The number of rotatable bonds is 8. The van der Waals surface area contributed by atoms with Crippen molar-refractivity contribution in [3.8, 4) is 0 Å². The van der Waals surface area contributed by atoms with Crippen LogP contribution in [-0.2, 0) is 17.5 Å². The zero-order valence-corrected chi connectivity index (χ0v) is 20.2. The van der Waals surface area contributed by atoms with E-state index in [4.69, 9.17) is 32.4 Å². The van der Waals surface area contributed by atoms with Crippen LogP contribution in [0.15, 0.2) is 24.5 Å². The highest BCUT2D eigenvalue weighted by atomic mass is 35.5. The fraction of sp³-hybridized carbons (Fsp3) is 0.333. The molecule has 200 valence electrons. The van der Waals surface area contributed by atoms with Crippen LogP contribution in [0.4, 0.5) is 39.4 Å². The molecular weight excluding hydrogens is 550 g/mol. The van der Waals surface area contributed by atoms with Gasteiger partial charge in [0.05, 0.1) is 35.5 Å². The van der Waals surface area contributed by atoms with Crippen LogP contribution in [0.2, 0.25) is 10.0 Å². The number of aliphatic hydroxyl groups excluding tert-OH is 2. The minimum Gasteiger partial charge on any atom is -0.394 e. The molecule has 0 spiro atoms. The van der Waals surface area contributed by atoms with E-state index in [1.807, 2.05) is 0 Å². The predicted octanol–water partition coefficient (Wildman–Crippen LogP) is 3.74. The van der Waals surface area contributed by atoms with Gasteiger partial charge in [-0.25, -0.2) is 23.4 Å². The molecule has 0 aliphatic carbocycles. The number of amides is 1. The first-order chi connectivity index (χ1) is 18.4. The Morgan fingerprint density at radius 2 is 1.97 bits per heavy atom. The molecule has 37 heavy (non-hydrogen) atoms. The molecule has 9 nitrogen and oxygen atoms in total. The Kier molecular flexibility index (Phi) is 7.30. The van der Waals surface area contributed by atoms with Crippen LogP contribution in [-0.4, -0.2) is 62.1 Å². The van der Waals surface area contributed by atoms with Crippen molar-refractivity contribution < 1.29 is 41.1 Å². The highest BCUT2D eigenvalue weighted by Gasteiger charge is 2.37. The van der Waals surface area contributed by atoms with Crippen molar-refractivity contribution in [3.63, 3.8) is 0 Å². The summed E-state index contributed by atoms with van der Waals surface area (Å²) >= 11 is 11.6. The van der Waals surface area contributed by atoms with Crippen LogP contribution in [0.5, 0.6) is 0 Å². The molecule has 0 aliphatic rings. The largest absolute Gasteiger partial charge is 0.418 e. The number of carbonyl (C=O) groups is 1. The first kappa shape index (κ1) is 24.3. The van der Waals surface area contributed by atoms with Gasteiger partial charge in [-0.1, -0.05) is 23.2 Å². The Bertz CT molecular complexity index is 1410. The van der Waals surface area contributed by atoms with Gasteiger partial charge in [0.2, 0.25) is 5.91 Å². The lowest BCUT2D eigenvalue weighted by atomic mass is 10.2. The molecule has 3 rings (SSSR count). The van der Waals surface area contributed by atoms with Crippen molar-refractivity contribution >= 4 is 46.6 Å². The van der Waals surface area contributed by atoms with Crippen LogP contribution >= 0.6 is 23.2 Å². The summed E-state index contributed by atoms with van der Waals surface area (Å²) in [6.07, 6.45) is -5.27. The van der Waals surface area contributed by atoms with E-state index >= 15 is 0 Å². The van der Waals surface area contributed by atoms with Gasteiger partial charge in [-0.05, 0) is 25.1 Å². The molecule has 0 aliphatic heterocycles. The lowest BCUT2D eigenvalue weighted by Crippen LogP contribution is -2.38. The van der Waals surface area contributed by atoms with E-state index in [0.29, 0.717) is 23.1 Å². The van der Waals surface area contributed by atoms with Crippen molar-refractivity contribution in [1.29, 1.82) is 0 Å². The number of likely N-dealkylation sites (N-methyl/N-ethyl adjacent to an activating group) is 1. The standard InChI is InChI=1S/C21H19Cl2F5N6O3/c1-10-5-12(21(26,27)28)16(22)19(30-10)34(20-29-9-33(31-20)6-11(36)8-35)7-15(37)32(2)14-4-3-13(24)17(23)18(14)25/h3-5,9,11,35-36H,6-8H2,1-2H3/i2D3. The van der Waals surface area contributed by atoms with Gasteiger partial charge in [-0.15, -0.1) is 5.10 Å². The third-order valence-electron chi connectivity index (χ3n) is 4.80. The average molecular weight is 572 g/mol. The Morgan fingerprint density at radius 1 is 1.27 bits per heavy atom. The number of anilines is 3. The number of benzene rings is 1. The Hall–Kier alpha value is -3.07. The van der Waals surface area contributed by atoms with Crippen LogP contribution < -0.4 is 9.80 Å². The number of hydrogen-bond donors (Lipinski definition) is 2. The number of alkyl halides is 3. The van der Waals surface area contributed by atoms with Gasteiger partial charge in [-0.3, -0.25) is 9.69 Å². The third kappa shape index (κ3) is 6.26. The van der Waals surface area contributed by atoms with Gasteiger partial charge in [0.25, 0.3) is 5.95 Å². The number of aliphatic hydroxyl groups is 2. The zero-order chi connectivity index (χ0) is 30.2. The van der Waals surface area contributed by atoms with Crippen molar-refractivity contribution in [2.24, 2.45) is 0 Å². The second-order valence-electron chi connectivity index (χ2n) is 7.56. The molecule has 1 atom stereocenters. The fourth-order valence-corrected chi connectivity index (χ4v) is 3.53. The van der Waals surface area contributed by atoms with Gasteiger partial charge >= 0.3 is 6.18 Å². The van der Waals surface area contributed by atoms with Crippen molar-refractivity contribution in [2.75, 3.05) is 29.9 Å². The molecule has 0 fully saturated rings. The molecular formula is C21H19Cl2F5N6O3. The molecule has 1 unspecified atom stereocenters. The second-order valence-corrected chi connectivity index (χ2v) is 8.32. The van der Waals surface area contributed by atoms with Crippen molar-refractivity contribution in [3.05, 3.63) is 57.5 Å². The van der Waals surface area contributed by atoms with E-state index in [9.17, 15) is 31.9 Å². The summed E-state index contributed by atoms with van der Waals surface area (Å²) in [5, 5.41) is 20.6. The molecule has 16 heteroatoms. The zero-order valence-electron chi connectivity index (χ0n) is 21.6. The van der Waals surface area contributed by atoms with Crippen molar-refractivity contribution in [1.82, 2.24) is 19.7 Å². The maximum absolute atomic E-state index is 14.8. The van der Waals surface area contributed by atoms with Crippen LogP contribution in [0.1, 0.15) is 15.4 Å². The fourth-order valence-electron chi connectivity index (χ4n) is 3.07. The summed E-state index contributed by atoms with van der Waals surface area (Å²) in [4.78, 5) is 21.8. The molecule has 1 amide bonds. The monoisotopic (exact) mass is 571 g/mol. The van der Waals surface area contributed by atoms with E-state index < -0.39 is 83.0 Å². The topological polar surface area (TPSA) is 108 Å². The Balaban J connectivity index is 2.18. The van der Waals surface area contributed by atoms with Crippen LogP contribution in [0, 0.1) is 18.6 Å². The van der Waals surface area contributed by atoms with Crippen molar-refractivity contribution in [2.45, 2.75) is 25.7 Å². The molecule has 3 aromatic rings. The summed E-state index contributed by atoms with van der Waals surface area (Å²) in [5.41, 5.74) is -2.49. The van der Waals surface area contributed by atoms with E-state index in [2.05, 4.69) is 15.1 Å². The average Bonchev–Trinajstić information content (AvgIpc) is 3.30. The summed E-state index contributed by atoms with van der Waals surface area (Å²) < 4.78 is 93.9. The molecule has 2 aromatic heterocycles. The lowest BCUT2D eigenvalue weighted by molar-refractivity contribution is -0.137. The number of carbonyl (C=O) groups excluding carboxylic acids is 1. The number of pyridine rings is 1. The van der Waals surface area contributed by atoms with E-state index in [0.717, 1.165) is 11.0 Å². The molecule has 2 N–H and O–H groups in total. The predicted molar refractivity (Wildman–Crippen MR) is 124 cm³/mol. The number of aryl methyl sites for hydroxylation is 1. The number of nitrogens with zero attached hydrogens (tertiary/aromatic N) is 6. The van der Waals surface area contributed by atoms with E-state index in [-0.39, 0.29) is 17.1 Å².